The Labute approximate surface area is 76.5 Å². The van der Waals surface area contributed by atoms with E-state index >= 15 is 0 Å². The summed E-state index contributed by atoms with van der Waals surface area (Å²) in [5.74, 6) is 0. The van der Waals surface area contributed by atoms with E-state index in [1.807, 2.05) is 6.92 Å². The van der Waals surface area contributed by atoms with Crippen molar-refractivity contribution >= 4 is 0 Å². The van der Waals surface area contributed by atoms with Gasteiger partial charge in [-0.25, -0.2) is 0 Å². The van der Waals surface area contributed by atoms with Crippen LogP contribution in [0.5, 0.6) is 0 Å². The van der Waals surface area contributed by atoms with Gasteiger partial charge in [0.15, 0.2) is 0 Å². The summed E-state index contributed by atoms with van der Waals surface area (Å²) in [6.45, 7) is 9.38. The van der Waals surface area contributed by atoms with Gasteiger partial charge in [-0.1, -0.05) is 20.8 Å². The van der Waals surface area contributed by atoms with E-state index < -0.39 is 0 Å². The van der Waals surface area contributed by atoms with Crippen molar-refractivity contribution in [3.05, 3.63) is 0 Å². The van der Waals surface area contributed by atoms with Crippen LogP contribution in [-0.4, -0.2) is 19.3 Å². The minimum absolute atomic E-state index is 0.165. The predicted molar refractivity (Wildman–Crippen MR) is 53.2 cm³/mol. The first-order valence-electron chi connectivity index (χ1n) is 4.55. The fraction of sp³-hybridized carbons (Fsp3) is 1.00. The Bertz CT molecular complexity index is 124. The second-order valence-electron chi connectivity index (χ2n) is 5.15. The third-order valence-electron chi connectivity index (χ3n) is 1.92. The average molecular weight is 173 g/mol. The van der Waals surface area contributed by atoms with E-state index in [4.69, 9.17) is 10.5 Å². The van der Waals surface area contributed by atoms with Gasteiger partial charge in [0.2, 0.25) is 0 Å². The van der Waals surface area contributed by atoms with Crippen LogP contribution in [0.2, 0.25) is 0 Å². The Morgan fingerprint density at radius 1 is 1.08 bits per heavy atom. The van der Waals surface area contributed by atoms with E-state index in [1.54, 1.807) is 7.11 Å². The Balaban J connectivity index is 3.75. The van der Waals surface area contributed by atoms with Gasteiger partial charge in [-0.2, -0.15) is 0 Å². The number of rotatable bonds is 4. The summed E-state index contributed by atoms with van der Waals surface area (Å²) in [5.41, 5.74) is 6.21. The van der Waals surface area contributed by atoms with Crippen molar-refractivity contribution in [1.29, 1.82) is 0 Å². The van der Waals surface area contributed by atoms with E-state index in [-0.39, 0.29) is 5.54 Å². The quantitative estimate of drug-likeness (QED) is 0.707. The molecule has 0 rings (SSSR count). The molecule has 0 aromatic carbocycles. The molecule has 0 aliphatic carbocycles. The summed E-state index contributed by atoms with van der Waals surface area (Å²) in [7, 11) is 1.70. The van der Waals surface area contributed by atoms with Crippen molar-refractivity contribution in [2.75, 3.05) is 13.7 Å². The Morgan fingerprint density at radius 3 is 1.92 bits per heavy atom. The second-order valence-corrected chi connectivity index (χ2v) is 5.15. The number of hydrogen-bond donors (Lipinski definition) is 1. The summed E-state index contributed by atoms with van der Waals surface area (Å²) < 4.78 is 5.05. The first-order valence-corrected chi connectivity index (χ1v) is 4.55. The first kappa shape index (κ1) is 11.9. The van der Waals surface area contributed by atoms with Crippen LogP contribution < -0.4 is 5.73 Å². The SMILES string of the molecule is COCC(C)(N)CCC(C)(C)C. The third kappa shape index (κ3) is 6.62. The molecule has 0 heterocycles. The lowest BCUT2D eigenvalue weighted by Gasteiger charge is -2.28. The average Bonchev–Trinajstić information content (AvgIpc) is 1.83. The normalized spacial score (nSPS) is 17.5. The van der Waals surface area contributed by atoms with Gasteiger partial charge < -0.3 is 10.5 Å². The highest BCUT2D eigenvalue weighted by molar-refractivity contribution is 4.80. The zero-order valence-corrected chi connectivity index (χ0v) is 9.11. The first-order chi connectivity index (χ1) is 5.27. The van der Waals surface area contributed by atoms with E-state index in [0.29, 0.717) is 12.0 Å². The van der Waals surface area contributed by atoms with Crippen molar-refractivity contribution in [3.8, 4) is 0 Å². The van der Waals surface area contributed by atoms with Crippen LogP contribution in [0.1, 0.15) is 40.5 Å². The lowest BCUT2D eigenvalue weighted by Crippen LogP contribution is -2.41. The Hall–Kier alpha value is -0.0800. The molecule has 0 fully saturated rings. The highest BCUT2D eigenvalue weighted by Crippen LogP contribution is 2.24. The van der Waals surface area contributed by atoms with Gasteiger partial charge in [-0.05, 0) is 25.2 Å². The van der Waals surface area contributed by atoms with E-state index in [0.717, 1.165) is 12.8 Å². The fourth-order valence-electron chi connectivity index (χ4n) is 1.06. The summed E-state index contributed by atoms with van der Waals surface area (Å²) in [4.78, 5) is 0. The standard InChI is InChI=1S/C10H23NO/c1-9(2,3)6-7-10(4,11)8-12-5/h6-8,11H2,1-5H3. The Kier molecular flexibility index (Phi) is 4.21. The van der Waals surface area contributed by atoms with Crippen molar-refractivity contribution in [1.82, 2.24) is 0 Å². The largest absolute Gasteiger partial charge is 0.383 e. The maximum Gasteiger partial charge on any atom is 0.0639 e. The Morgan fingerprint density at radius 2 is 1.58 bits per heavy atom. The van der Waals surface area contributed by atoms with Gasteiger partial charge in [0.25, 0.3) is 0 Å². The molecule has 0 aliphatic heterocycles. The lowest BCUT2D eigenvalue weighted by molar-refractivity contribution is 0.127. The highest BCUT2D eigenvalue weighted by Gasteiger charge is 2.21. The molecule has 0 amide bonds. The lowest BCUT2D eigenvalue weighted by atomic mass is 9.85. The van der Waals surface area contributed by atoms with Crippen LogP contribution >= 0.6 is 0 Å². The van der Waals surface area contributed by atoms with Gasteiger partial charge in [-0.3, -0.25) is 0 Å². The molecule has 0 radical (unpaired) electrons. The monoisotopic (exact) mass is 173 g/mol. The zero-order valence-electron chi connectivity index (χ0n) is 9.11. The summed E-state index contributed by atoms with van der Waals surface area (Å²) in [6.07, 6.45) is 2.16. The molecule has 0 saturated heterocycles. The smallest absolute Gasteiger partial charge is 0.0639 e. The molecule has 74 valence electrons. The molecule has 0 bridgehead atoms. The van der Waals surface area contributed by atoms with Gasteiger partial charge >= 0.3 is 0 Å². The minimum Gasteiger partial charge on any atom is -0.383 e. The van der Waals surface area contributed by atoms with E-state index in [9.17, 15) is 0 Å². The molecule has 2 nitrogen and oxygen atoms in total. The topological polar surface area (TPSA) is 35.2 Å². The third-order valence-corrected chi connectivity index (χ3v) is 1.92. The van der Waals surface area contributed by atoms with Crippen LogP contribution in [0, 0.1) is 5.41 Å². The molecule has 0 aliphatic rings. The van der Waals surface area contributed by atoms with E-state index in [2.05, 4.69) is 20.8 Å². The van der Waals surface area contributed by atoms with Gasteiger partial charge in [0, 0.05) is 12.6 Å². The van der Waals surface area contributed by atoms with E-state index in [1.165, 1.54) is 0 Å². The molecular weight excluding hydrogens is 150 g/mol. The van der Waals surface area contributed by atoms with Crippen LogP contribution in [0.15, 0.2) is 0 Å². The van der Waals surface area contributed by atoms with Crippen LogP contribution in [0.4, 0.5) is 0 Å². The maximum atomic E-state index is 6.01. The van der Waals surface area contributed by atoms with Crippen LogP contribution in [0.3, 0.4) is 0 Å². The van der Waals surface area contributed by atoms with Crippen molar-refractivity contribution < 1.29 is 4.74 Å². The molecular formula is C10H23NO. The van der Waals surface area contributed by atoms with Crippen LogP contribution in [-0.2, 0) is 4.74 Å². The highest BCUT2D eigenvalue weighted by atomic mass is 16.5. The fourth-order valence-corrected chi connectivity index (χ4v) is 1.06. The molecule has 2 heteroatoms. The minimum atomic E-state index is -0.165. The molecule has 1 unspecified atom stereocenters. The summed E-state index contributed by atoms with van der Waals surface area (Å²) in [6, 6.07) is 0. The number of nitrogens with two attached hydrogens (primary N) is 1. The zero-order chi connectivity index (χ0) is 9.83. The number of ether oxygens (including phenoxy) is 1. The van der Waals surface area contributed by atoms with Crippen LogP contribution in [0.25, 0.3) is 0 Å². The molecule has 0 spiro atoms. The molecule has 2 N–H and O–H groups in total. The van der Waals surface area contributed by atoms with Crippen molar-refractivity contribution in [2.45, 2.75) is 46.1 Å². The van der Waals surface area contributed by atoms with Gasteiger partial charge in [0.1, 0.15) is 0 Å². The van der Waals surface area contributed by atoms with Crippen molar-refractivity contribution in [3.63, 3.8) is 0 Å². The molecule has 12 heavy (non-hydrogen) atoms. The summed E-state index contributed by atoms with van der Waals surface area (Å²) >= 11 is 0. The molecule has 0 aromatic heterocycles. The number of hydrogen-bond acceptors (Lipinski definition) is 2. The van der Waals surface area contributed by atoms with Gasteiger partial charge in [-0.15, -0.1) is 0 Å². The predicted octanol–water partition coefficient (Wildman–Crippen LogP) is 2.18. The van der Waals surface area contributed by atoms with Gasteiger partial charge in [0.05, 0.1) is 6.61 Å². The molecule has 0 saturated carbocycles. The summed E-state index contributed by atoms with van der Waals surface area (Å²) in [5, 5.41) is 0. The molecule has 0 aromatic rings. The maximum absolute atomic E-state index is 6.01. The molecule has 1 atom stereocenters. The second kappa shape index (κ2) is 4.24. The van der Waals surface area contributed by atoms with Crippen molar-refractivity contribution in [2.24, 2.45) is 11.1 Å². The number of methoxy groups -OCH3 is 1.